The minimum absolute atomic E-state index is 0.259. The van der Waals surface area contributed by atoms with E-state index in [2.05, 4.69) is 0 Å². The molecule has 2 aromatic carbocycles. The van der Waals surface area contributed by atoms with Gasteiger partial charge in [0.05, 0.1) is 25.9 Å². The zero-order chi connectivity index (χ0) is 21.5. The molecule has 7 nitrogen and oxygen atoms in total. The Morgan fingerprint density at radius 2 is 1.77 bits per heavy atom. The number of rotatable bonds is 8. The van der Waals surface area contributed by atoms with E-state index in [0.717, 1.165) is 29.8 Å². The average molecular weight is 413 g/mol. The molecule has 7 heteroatoms. The number of ether oxygens (including phenoxy) is 4. The second-order valence-corrected chi connectivity index (χ2v) is 6.75. The number of methoxy groups -OCH3 is 1. The lowest BCUT2D eigenvalue weighted by Crippen LogP contribution is -2.38. The topological polar surface area (TPSA) is 74.3 Å². The SMILES string of the molecule is CCOc1ccc(C(=O)OCC(=O)N2CCCc3cc(OC)ccc32)cc1OCC. The highest BCUT2D eigenvalue weighted by molar-refractivity contribution is 5.98. The standard InChI is InChI=1S/C23H27NO6/c1-4-28-20-11-8-17(14-21(20)29-5-2)23(26)30-15-22(25)24-12-6-7-16-13-18(27-3)9-10-19(16)24/h8-11,13-14H,4-7,12,15H2,1-3H3. The predicted molar refractivity (Wildman–Crippen MR) is 113 cm³/mol. The van der Waals surface area contributed by atoms with Crippen LogP contribution in [0.3, 0.4) is 0 Å². The van der Waals surface area contributed by atoms with Crippen LogP contribution in [-0.4, -0.2) is 45.4 Å². The molecule has 0 N–H and O–H groups in total. The molecule has 30 heavy (non-hydrogen) atoms. The lowest BCUT2D eigenvalue weighted by atomic mass is 10.0. The molecule has 0 saturated carbocycles. The van der Waals surface area contributed by atoms with Gasteiger partial charge in [0.1, 0.15) is 5.75 Å². The maximum absolute atomic E-state index is 12.7. The highest BCUT2D eigenvalue weighted by Gasteiger charge is 2.24. The average Bonchev–Trinajstić information content (AvgIpc) is 2.77. The van der Waals surface area contributed by atoms with Crippen LogP contribution in [-0.2, 0) is 16.0 Å². The number of benzene rings is 2. The molecular formula is C23H27NO6. The Kier molecular flexibility index (Phi) is 7.17. The summed E-state index contributed by atoms with van der Waals surface area (Å²) in [5.74, 6) is 0.950. The molecule has 160 valence electrons. The molecule has 0 aromatic heterocycles. The lowest BCUT2D eigenvalue weighted by Gasteiger charge is -2.29. The molecule has 1 aliphatic heterocycles. The normalized spacial score (nSPS) is 12.7. The summed E-state index contributed by atoms with van der Waals surface area (Å²) in [6, 6.07) is 10.5. The summed E-state index contributed by atoms with van der Waals surface area (Å²) in [6.07, 6.45) is 1.72. The van der Waals surface area contributed by atoms with Gasteiger partial charge in [0.15, 0.2) is 18.1 Å². The van der Waals surface area contributed by atoms with Crippen molar-refractivity contribution in [1.82, 2.24) is 0 Å². The number of hydrogen-bond acceptors (Lipinski definition) is 6. The zero-order valence-electron chi connectivity index (χ0n) is 17.6. The number of aryl methyl sites for hydroxylation is 1. The third-order valence-electron chi connectivity index (χ3n) is 4.81. The van der Waals surface area contributed by atoms with Crippen LogP contribution in [0.5, 0.6) is 17.2 Å². The number of hydrogen-bond donors (Lipinski definition) is 0. The van der Waals surface area contributed by atoms with Crippen molar-refractivity contribution in [3.8, 4) is 17.2 Å². The number of esters is 1. The number of fused-ring (bicyclic) bond motifs is 1. The molecule has 0 atom stereocenters. The summed E-state index contributed by atoms with van der Waals surface area (Å²) in [4.78, 5) is 26.9. The van der Waals surface area contributed by atoms with Gasteiger partial charge in [-0.3, -0.25) is 4.79 Å². The van der Waals surface area contributed by atoms with Crippen molar-refractivity contribution < 1.29 is 28.5 Å². The highest BCUT2D eigenvalue weighted by Crippen LogP contribution is 2.31. The van der Waals surface area contributed by atoms with Crippen LogP contribution in [0.15, 0.2) is 36.4 Å². The van der Waals surface area contributed by atoms with Gasteiger partial charge < -0.3 is 23.8 Å². The minimum Gasteiger partial charge on any atom is -0.497 e. The van der Waals surface area contributed by atoms with E-state index < -0.39 is 5.97 Å². The Hall–Kier alpha value is -3.22. The van der Waals surface area contributed by atoms with Gasteiger partial charge in [-0.1, -0.05) is 0 Å². The smallest absolute Gasteiger partial charge is 0.338 e. The van der Waals surface area contributed by atoms with Gasteiger partial charge in [0.25, 0.3) is 5.91 Å². The first-order valence-corrected chi connectivity index (χ1v) is 10.1. The quantitative estimate of drug-likeness (QED) is 0.616. The van der Waals surface area contributed by atoms with Crippen molar-refractivity contribution in [2.75, 3.05) is 38.4 Å². The number of carbonyl (C=O) groups is 2. The molecule has 0 unspecified atom stereocenters. The van der Waals surface area contributed by atoms with Crippen LogP contribution in [0.25, 0.3) is 0 Å². The van der Waals surface area contributed by atoms with Gasteiger partial charge in [-0.05, 0) is 68.7 Å². The first kappa shape index (κ1) is 21.5. The van der Waals surface area contributed by atoms with E-state index in [1.807, 2.05) is 32.0 Å². The van der Waals surface area contributed by atoms with E-state index in [-0.39, 0.29) is 12.5 Å². The molecule has 0 aliphatic carbocycles. The van der Waals surface area contributed by atoms with Crippen LogP contribution in [0.4, 0.5) is 5.69 Å². The van der Waals surface area contributed by atoms with Gasteiger partial charge in [-0.15, -0.1) is 0 Å². The minimum atomic E-state index is -0.584. The summed E-state index contributed by atoms with van der Waals surface area (Å²) in [5, 5.41) is 0. The third kappa shape index (κ3) is 4.84. The molecule has 0 fully saturated rings. The van der Waals surface area contributed by atoms with E-state index in [4.69, 9.17) is 18.9 Å². The molecule has 0 spiro atoms. The van der Waals surface area contributed by atoms with E-state index in [1.54, 1.807) is 30.2 Å². The Bertz CT molecular complexity index is 911. The van der Waals surface area contributed by atoms with Crippen molar-refractivity contribution in [2.24, 2.45) is 0 Å². The van der Waals surface area contributed by atoms with E-state index in [1.165, 1.54) is 0 Å². The fourth-order valence-electron chi connectivity index (χ4n) is 3.43. The van der Waals surface area contributed by atoms with Gasteiger partial charge >= 0.3 is 5.97 Å². The maximum Gasteiger partial charge on any atom is 0.338 e. The van der Waals surface area contributed by atoms with Crippen LogP contribution >= 0.6 is 0 Å². The summed E-state index contributed by atoms with van der Waals surface area (Å²) >= 11 is 0. The molecule has 1 heterocycles. The molecule has 2 aromatic rings. The molecule has 1 amide bonds. The van der Waals surface area contributed by atoms with Crippen molar-refractivity contribution in [1.29, 1.82) is 0 Å². The summed E-state index contributed by atoms with van der Waals surface area (Å²) in [7, 11) is 1.62. The Balaban J connectivity index is 1.67. The molecule has 0 saturated heterocycles. The van der Waals surface area contributed by atoms with Crippen molar-refractivity contribution in [3.63, 3.8) is 0 Å². The molecule has 3 rings (SSSR count). The number of amides is 1. The third-order valence-corrected chi connectivity index (χ3v) is 4.81. The fraction of sp³-hybridized carbons (Fsp3) is 0.391. The van der Waals surface area contributed by atoms with Gasteiger partial charge in [-0.2, -0.15) is 0 Å². The molecule has 0 bridgehead atoms. The highest BCUT2D eigenvalue weighted by atomic mass is 16.5. The van der Waals surface area contributed by atoms with Crippen LogP contribution in [0, 0.1) is 0 Å². The van der Waals surface area contributed by atoms with Gasteiger partial charge in [0.2, 0.25) is 0 Å². The maximum atomic E-state index is 12.7. The predicted octanol–water partition coefficient (Wildman–Crippen LogP) is 3.63. The first-order valence-electron chi connectivity index (χ1n) is 10.1. The summed E-state index contributed by atoms with van der Waals surface area (Å²) in [6.45, 7) is 4.91. The Morgan fingerprint density at radius 1 is 1.00 bits per heavy atom. The van der Waals surface area contributed by atoms with E-state index in [0.29, 0.717) is 36.8 Å². The lowest BCUT2D eigenvalue weighted by molar-refractivity contribution is -0.121. The summed E-state index contributed by atoms with van der Waals surface area (Å²) in [5.41, 5.74) is 2.19. The van der Waals surface area contributed by atoms with Crippen molar-refractivity contribution in [3.05, 3.63) is 47.5 Å². The summed E-state index contributed by atoms with van der Waals surface area (Å²) < 4.78 is 21.6. The van der Waals surface area contributed by atoms with Crippen LogP contribution < -0.4 is 19.1 Å². The molecule has 0 radical (unpaired) electrons. The second kappa shape index (κ2) is 10.0. The number of anilines is 1. The van der Waals surface area contributed by atoms with E-state index in [9.17, 15) is 9.59 Å². The van der Waals surface area contributed by atoms with Gasteiger partial charge in [-0.25, -0.2) is 4.79 Å². The Morgan fingerprint density at radius 3 is 2.50 bits per heavy atom. The van der Waals surface area contributed by atoms with Crippen LogP contribution in [0.2, 0.25) is 0 Å². The van der Waals surface area contributed by atoms with Crippen molar-refractivity contribution >= 4 is 17.6 Å². The zero-order valence-corrected chi connectivity index (χ0v) is 17.6. The van der Waals surface area contributed by atoms with Crippen molar-refractivity contribution in [2.45, 2.75) is 26.7 Å². The second-order valence-electron chi connectivity index (χ2n) is 6.75. The van der Waals surface area contributed by atoms with Crippen LogP contribution in [0.1, 0.15) is 36.2 Å². The molecular weight excluding hydrogens is 386 g/mol. The van der Waals surface area contributed by atoms with Gasteiger partial charge in [0, 0.05) is 12.2 Å². The van der Waals surface area contributed by atoms with E-state index >= 15 is 0 Å². The first-order chi connectivity index (χ1) is 14.6. The fourth-order valence-corrected chi connectivity index (χ4v) is 3.43. The number of carbonyl (C=O) groups excluding carboxylic acids is 2. The largest absolute Gasteiger partial charge is 0.497 e. The Labute approximate surface area is 176 Å². The number of nitrogens with zero attached hydrogens (tertiary/aromatic N) is 1. The monoisotopic (exact) mass is 413 g/mol. The molecule has 1 aliphatic rings.